The molecule has 1 N–H and O–H groups in total. The van der Waals surface area contributed by atoms with Crippen molar-refractivity contribution in [2.75, 3.05) is 6.54 Å². The van der Waals surface area contributed by atoms with Crippen LogP contribution in [-0.2, 0) is 18.4 Å². The highest BCUT2D eigenvalue weighted by atomic mass is 16.4. The van der Waals surface area contributed by atoms with Crippen LogP contribution in [0.4, 0.5) is 0 Å². The first kappa shape index (κ1) is 15.5. The fourth-order valence-corrected chi connectivity index (χ4v) is 2.97. The van der Waals surface area contributed by atoms with Crippen LogP contribution in [0.15, 0.2) is 6.20 Å². The highest BCUT2D eigenvalue weighted by Gasteiger charge is 2.25. The molecular weight excluding hydrogens is 270 g/mol. The van der Waals surface area contributed by atoms with Crippen molar-refractivity contribution in [2.24, 2.45) is 13.0 Å². The maximum absolute atomic E-state index is 12.2. The highest BCUT2D eigenvalue weighted by molar-refractivity contribution is 5.88. The summed E-state index contributed by atoms with van der Waals surface area (Å²) in [5.74, 6) is -0.273. The van der Waals surface area contributed by atoms with Crippen LogP contribution in [0.3, 0.4) is 0 Å². The molecule has 1 amide bonds. The lowest BCUT2D eigenvalue weighted by atomic mass is 9.96. The summed E-state index contributed by atoms with van der Waals surface area (Å²) in [6.07, 6.45) is 6.15. The van der Waals surface area contributed by atoms with E-state index >= 15 is 0 Å². The predicted molar refractivity (Wildman–Crippen MR) is 77.8 cm³/mol. The molecule has 0 saturated carbocycles. The van der Waals surface area contributed by atoms with E-state index in [9.17, 15) is 14.7 Å². The standard InChI is InChI=1S/C15H23N3O3/c1-3-4-11-5-6-14(19)18(8-7-11)10-13-12(15(20)21)9-16-17(13)2/h9,11H,3-8,10H2,1-2H3,(H,20,21). The van der Waals surface area contributed by atoms with Gasteiger partial charge in [-0.3, -0.25) is 9.48 Å². The molecule has 1 aliphatic heterocycles. The zero-order valence-corrected chi connectivity index (χ0v) is 12.7. The third kappa shape index (κ3) is 3.62. The molecule has 116 valence electrons. The van der Waals surface area contributed by atoms with Crippen molar-refractivity contribution >= 4 is 11.9 Å². The van der Waals surface area contributed by atoms with Gasteiger partial charge in [-0.15, -0.1) is 0 Å². The Morgan fingerprint density at radius 1 is 1.48 bits per heavy atom. The van der Waals surface area contributed by atoms with Gasteiger partial charge < -0.3 is 10.0 Å². The molecule has 0 aliphatic carbocycles. The highest BCUT2D eigenvalue weighted by Crippen LogP contribution is 2.24. The van der Waals surface area contributed by atoms with Crippen LogP contribution >= 0.6 is 0 Å². The molecule has 1 unspecified atom stereocenters. The van der Waals surface area contributed by atoms with Crippen LogP contribution in [0.5, 0.6) is 0 Å². The number of aryl methyl sites for hydroxylation is 1. The summed E-state index contributed by atoms with van der Waals surface area (Å²) < 4.78 is 1.55. The number of aromatic carboxylic acids is 1. The number of amides is 1. The molecule has 2 heterocycles. The number of carbonyl (C=O) groups is 2. The monoisotopic (exact) mass is 293 g/mol. The number of hydrogen-bond donors (Lipinski definition) is 1. The zero-order valence-electron chi connectivity index (χ0n) is 12.7. The summed E-state index contributed by atoms with van der Waals surface area (Å²) in [7, 11) is 1.71. The van der Waals surface area contributed by atoms with E-state index in [1.165, 1.54) is 6.20 Å². The summed E-state index contributed by atoms with van der Waals surface area (Å²) in [5, 5.41) is 13.2. The van der Waals surface area contributed by atoms with E-state index in [4.69, 9.17) is 0 Å². The maximum Gasteiger partial charge on any atom is 0.339 e. The average molecular weight is 293 g/mol. The van der Waals surface area contributed by atoms with E-state index in [1.54, 1.807) is 16.6 Å². The number of likely N-dealkylation sites (tertiary alicyclic amines) is 1. The Bertz CT molecular complexity index is 524. The van der Waals surface area contributed by atoms with Gasteiger partial charge in [-0.25, -0.2) is 4.79 Å². The lowest BCUT2D eigenvalue weighted by molar-refractivity contribution is -0.131. The van der Waals surface area contributed by atoms with Crippen LogP contribution < -0.4 is 0 Å². The second-order valence-corrected chi connectivity index (χ2v) is 5.73. The third-order valence-corrected chi connectivity index (χ3v) is 4.26. The van der Waals surface area contributed by atoms with E-state index in [1.807, 2.05) is 0 Å². The first-order valence-corrected chi connectivity index (χ1v) is 7.54. The number of carboxylic acids is 1. The first-order valence-electron chi connectivity index (χ1n) is 7.54. The Morgan fingerprint density at radius 2 is 2.24 bits per heavy atom. The Kier molecular flexibility index (Phi) is 4.98. The van der Waals surface area contributed by atoms with Gasteiger partial charge in [-0.1, -0.05) is 19.8 Å². The first-order chi connectivity index (χ1) is 10.0. The van der Waals surface area contributed by atoms with Crippen LogP contribution in [0.25, 0.3) is 0 Å². The molecule has 1 atom stereocenters. The summed E-state index contributed by atoms with van der Waals surface area (Å²) in [6.45, 7) is 3.20. The van der Waals surface area contributed by atoms with E-state index in [0.717, 1.165) is 25.7 Å². The smallest absolute Gasteiger partial charge is 0.339 e. The minimum atomic E-state index is -0.996. The van der Waals surface area contributed by atoms with Crippen molar-refractivity contribution in [2.45, 2.75) is 45.6 Å². The number of aromatic nitrogens is 2. The molecule has 2 rings (SSSR count). The Morgan fingerprint density at radius 3 is 2.90 bits per heavy atom. The molecule has 21 heavy (non-hydrogen) atoms. The molecular formula is C15H23N3O3. The molecule has 0 aromatic carbocycles. The Hall–Kier alpha value is -1.85. The molecule has 1 aromatic rings. The molecule has 6 nitrogen and oxygen atoms in total. The number of nitrogens with zero attached hydrogens (tertiary/aromatic N) is 3. The minimum absolute atomic E-state index is 0.117. The van der Waals surface area contributed by atoms with Gasteiger partial charge in [0.1, 0.15) is 5.56 Å². The summed E-state index contributed by atoms with van der Waals surface area (Å²) >= 11 is 0. The second kappa shape index (κ2) is 6.74. The SMILES string of the molecule is CCCC1CCC(=O)N(Cc2c(C(=O)O)cnn2C)CC1. The van der Waals surface area contributed by atoms with Gasteiger partial charge in [0.25, 0.3) is 0 Å². The van der Waals surface area contributed by atoms with E-state index in [-0.39, 0.29) is 11.5 Å². The molecule has 0 radical (unpaired) electrons. The summed E-state index contributed by atoms with van der Waals surface area (Å²) in [4.78, 5) is 25.2. The van der Waals surface area contributed by atoms with Crippen LogP contribution in [0.2, 0.25) is 0 Å². The molecule has 1 aromatic heterocycles. The maximum atomic E-state index is 12.2. The minimum Gasteiger partial charge on any atom is -0.478 e. The summed E-state index contributed by atoms with van der Waals surface area (Å²) in [5.41, 5.74) is 0.768. The third-order valence-electron chi connectivity index (χ3n) is 4.26. The number of hydrogen-bond acceptors (Lipinski definition) is 3. The van der Waals surface area contributed by atoms with Crippen molar-refractivity contribution in [3.05, 3.63) is 17.5 Å². The van der Waals surface area contributed by atoms with Crippen molar-refractivity contribution in [3.63, 3.8) is 0 Å². The average Bonchev–Trinajstić information content (AvgIpc) is 2.71. The Balaban J connectivity index is 2.10. The lowest BCUT2D eigenvalue weighted by Gasteiger charge is -2.21. The van der Waals surface area contributed by atoms with Gasteiger partial charge in [0.05, 0.1) is 18.4 Å². The van der Waals surface area contributed by atoms with Gasteiger partial charge in [0.15, 0.2) is 0 Å². The van der Waals surface area contributed by atoms with Crippen molar-refractivity contribution in [3.8, 4) is 0 Å². The quantitative estimate of drug-likeness (QED) is 0.901. The normalized spacial score (nSPS) is 19.6. The van der Waals surface area contributed by atoms with Crippen molar-refractivity contribution in [1.29, 1.82) is 0 Å². The molecule has 1 aliphatic rings. The van der Waals surface area contributed by atoms with Gasteiger partial charge >= 0.3 is 5.97 Å². The van der Waals surface area contributed by atoms with Crippen LogP contribution in [0.1, 0.15) is 55.1 Å². The number of carboxylic acid groups (broad SMARTS) is 1. The predicted octanol–water partition coefficient (Wildman–Crippen LogP) is 2.05. The van der Waals surface area contributed by atoms with Gasteiger partial charge in [-0.05, 0) is 18.8 Å². The molecule has 1 fully saturated rings. The summed E-state index contributed by atoms with van der Waals surface area (Å²) in [6, 6.07) is 0. The second-order valence-electron chi connectivity index (χ2n) is 5.73. The lowest BCUT2D eigenvalue weighted by Crippen LogP contribution is -2.31. The fraction of sp³-hybridized carbons (Fsp3) is 0.667. The molecule has 1 saturated heterocycles. The topological polar surface area (TPSA) is 75.4 Å². The largest absolute Gasteiger partial charge is 0.478 e. The van der Waals surface area contributed by atoms with E-state index in [2.05, 4.69) is 12.0 Å². The number of carbonyl (C=O) groups excluding carboxylic acids is 1. The van der Waals surface area contributed by atoms with E-state index in [0.29, 0.717) is 31.1 Å². The number of rotatable bonds is 5. The zero-order chi connectivity index (χ0) is 15.4. The van der Waals surface area contributed by atoms with Gasteiger partial charge in [-0.2, -0.15) is 5.10 Å². The van der Waals surface area contributed by atoms with Crippen molar-refractivity contribution in [1.82, 2.24) is 14.7 Å². The van der Waals surface area contributed by atoms with Crippen molar-refractivity contribution < 1.29 is 14.7 Å². The van der Waals surface area contributed by atoms with E-state index < -0.39 is 5.97 Å². The molecule has 6 heteroatoms. The molecule has 0 bridgehead atoms. The van der Waals surface area contributed by atoms with Gasteiger partial charge in [0, 0.05) is 20.0 Å². The fourth-order valence-electron chi connectivity index (χ4n) is 2.97. The van der Waals surface area contributed by atoms with Crippen LogP contribution in [0, 0.1) is 5.92 Å². The van der Waals surface area contributed by atoms with Crippen LogP contribution in [-0.4, -0.2) is 38.2 Å². The Labute approximate surface area is 124 Å². The van der Waals surface area contributed by atoms with Gasteiger partial charge in [0.2, 0.25) is 5.91 Å². The molecule has 0 spiro atoms.